The lowest BCUT2D eigenvalue weighted by Crippen LogP contribution is -2.45. The number of benzene rings is 1. The van der Waals surface area contributed by atoms with Crippen LogP contribution in [0.5, 0.6) is 5.75 Å². The molecule has 7 heteroatoms. The predicted molar refractivity (Wildman–Crippen MR) is 76.3 cm³/mol. The Labute approximate surface area is 122 Å². The fourth-order valence-corrected chi connectivity index (χ4v) is 1.49. The van der Waals surface area contributed by atoms with E-state index in [0.717, 1.165) is 12.1 Å². The van der Waals surface area contributed by atoms with Crippen LogP contribution in [0.3, 0.4) is 0 Å². The average molecular weight is 303 g/mol. The van der Waals surface area contributed by atoms with Gasteiger partial charge in [0.05, 0.1) is 12.1 Å². The maximum Gasteiger partial charge on any atom is 0.416 e. The van der Waals surface area contributed by atoms with Crippen LogP contribution in [-0.2, 0) is 6.18 Å². The number of hydrogen-bond donors (Lipinski definition) is 2. The van der Waals surface area contributed by atoms with Gasteiger partial charge in [0, 0.05) is 5.54 Å². The van der Waals surface area contributed by atoms with E-state index in [1.54, 1.807) is 0 Å². The highest BCUT2D eigenvalue weighted by Crippen LogP contribution is 2.30. The Bertz CT molecular complexity index is 476. The molecule has 1 aromatic carbocycles. The molecule has 0 aromatic heterocycles. The summed E-state index contributed by atoms with van der Waals surface area (Å²) in [5.41, 5.74) is 4.78. The minimum absolute atomic E-state index is 0.179. The molecule has 0 spiro atoms. The first kappa shape index (κ1) is 17.1. The topological polar surface area (TPSA) is 59.6 Å². The molecule has 0 fully saturated rings. The zero-order valence-electron chi connectivity index (χ0n) is 12.3. The van der Waals surface area contributed by atoms with Gasteiger partial charge in [-0.2, -0.15) is 13.2 Å². The second kappa shape index (κ2) is 6.69. The van der Waals surface area contributed by atoms with E-state index in [1.807, 2.05) is 20.8 Å². The third kappa shape index (κ3) is 6.87. The van der Waals surface area contributed by atoms with Gasteiger partial charge in [0.25, 0.3) is 0 Å². The first-order valence-corrected chi connectivity index (χ1v) is 6.46. The van der Waals surface area contributed by atoms with Crippen LogP contribution in [0, 0.1) is 0 Å². The molecule has 0 radical (unpaired) electrons. The molecule has 0 atom stereocenters. The smallest absolute Gasteiger partial charge is 0.416 e. The molecular weight excluding hydrogens is 283 g/mol. The number of nitrogens with zero attached hydrogens (tertiary/aromatic N) is 1. The van der Waals surface area contributed by atoms with Crippen LogP contribution in [0.25, 0.3) is 0 Å². The van der Waals surface area contributed by atoms with Crippen LogP contribution in [0.15, 0.2) is 29.3 Å². The van der Waals surface area contributed by atoms with Gasteiger partial charge in [-0.25, -0.2) is 4.99 Å². The van der Waals surface area contributed by atoms with Gasteiger partial charge in [-0.05, 0) is 45.0 Å². The Morgan fingerprint density at radius 3 is 2.24 bits per heavy atom. The Morgan fingerprint density at radius 1 is 1.19 bits per heavy atom. The lowest BCUT2D eigenvalue weighted by molar-refractivity contribution is -0.137. The van der Waals surface area contributed by atoms with E-state index < -0.39 is 11.7 Å². The van der Waals surface area contributed by atoms with Crippen molar-refractivity contribution in [2.75, 3.05) is 13.2 Å². The van der Waals surface area contributed by atoms with Crippen molar-refractivity contribution in [2.24, 2.45) is 10.7 Å². The number of rotatable bonds is 4. The number of alkyl halides is 3. The number of ether oxygens (including phenoxy) is 1. The van der Waals surface area contributed by atoms with Crippen LogP contribution >= 0.6 is 0 Å². The highest BCUT2D eigenvalue weighted by Gasteiger charge is 2.29. The first-order valence-electron chi connectivity index (χ1n) is 6.46. The minimum atomic E-state index is -4.34. The van der Waals surface area contributed by atoms with Crippen LogP contribution in [0.4, 0.5) is 13.2 Å². The highest BCUT2D eigenvalue weighted by atomic mass is 19.4. The van der Waals surface area contributed by atoms with E-state index in [9.17, 15) is 13.2 Å². The Kier molecular flexibility index (Phi) is 5.46. The Hall–Kier alpha value is -1.92. The van der Waals surface area contributed by atoms with Crippen molar-refractivity contribution in [3.05, 3.63) is 29.8 Å². The Morgan fingerprint density at radius 2 is 1.76 bits per heavy atom. The summed E-state index contributed by atoms with van der Waals surface area (Å²) in [6.07, 6.45) is -4.34. The maximum atomic E-state index is 12.4. The molecule has 0 amide bonds. The molecule has 0 saturated carbocycles. The molecule has 0 aliphatic heterocycles. The minimum Gasteiger partial charge on any atom is -0.492 e. The summed E-state index contributed by atoms with van der Waals surface area (Å²) in [4.78, 5) is 4.06. The molecule has 1 aromatic rings. The summed E-state index contributed by atoms with van der Waals surface area (Å²) in [6, 6.07) is 4.52. The lowest BCUT2D eigenvalue weighted by Gasteiger charge is -2.20. The van der Waals surface area contributed by atoms with Crippen molar-refractivity contribution in [1.82, 2.24) is 5.32 Å². The van der Waals surface area contributed by atoms with E-state index in [2.05, 4.69) is 10.3 Å². The first-order chi connectivity index (χ1) is 9.58. The fraction of sp³-hybridized carbons (Fsp3) is 0.500. The van der Waals surface area contributed by atoms with Crippen molar-refractivity contribution < 1.29 is 17.9 Å². The molecule has 0 bridgehead atoms. The van der Waals surface area contributed by atoms with Crippen molar-refractivity contribution in [2.45, 2.75) is 32.5 Å². The summed E-state index contributed by atoms with van der Waals surface area (Å²) in [5, 5.41) is 2.99. The number of aliphatic imine (C=N–C) groups is 1. The van der Waals surface area contributed by atoms with E-state index in [4.69, 9.17) is 10.5 Å². The van der Waals surface area contributed by atoms with Gasteiger partial charge < -0.3 is 15.8 Å². The van der Waals surface area contributed by atoms with Crippen molar-refractivity contribution in [3.63, 3.8) is 0 Å². The molecule has 21 heavy (non-hydrogen) atoms. The number of nitrogens with one attached hydrogen (secondary N) is 1. The summed E-state index contributed by atoms with van der Waals surface area (Å²) in [7, 11) is 0. The summed E-state index contributed by atoms with van der Waals surface area (Å²) >= 11 is 0. The van der Waals surface area contributed by atoms with Gasteiger partial charge in [-0.15, -0.1) is 0 Å². The highest BCUT2D eigenvalue weighted by molar-refractivity contribution is 5.78. The molecule has 0 aliphatic rings. The van der Waals surface area contributed by atoms with E-state index in [0.29, 0.717) is 18.3 Å². The second-order valence-corrected chi connectivity index (χ2v) is 5.51. The van der Waals surface area contributed by atoms with Crippen molar-refractivity contribution >= 4 is 5.96 Å². The number of halogens is 3. The predicted octanol–water partition coefficient (Wildman–Crippen LogP) is 2.79. The molecular formula is C14H20F3N3O. The van der Waals surface area contributed by atoms with Crippen LogP contribution in [0.2, 0.25) is 0 Å². The number of nitrogens with two attached hydrogens (primary N) is 1. The van der Waals surface area contributed by atoms with Crippen molar-refractivity contribution in [1.29, 1.82) is 0 Å². The van der Waals surface area contributed by atoms with E-state index in [-0.39, 0.29) is 12.1 Å². The quantitative estimate of drug-likeness (QED) is 0.511. The molecule has 0 saturated heterocycles. The van der Waals surface area contributed by atoms with Crippen LogP contribution in [-0.4, -0.2) is 24.7 Å². The van der Waals surface area contributed by atoms with E-state index >= 15 is 0 Å². The van der Waals surface area contributed by atoms with Crippen LogP contribution < -0.4 is 15.8 Å². The average Bonchev–Trinajstić information content (AvgIpc) is 2.32. The molecule has 3 N–H and O–H groups in total. The number of guanidine groups is 1. The van der Waals surface area contributed by atoms with Crippen molar-refractivity contribution in [3.8, 4) is 5.75 Å². The van der Waals surface area contributed by atoms with Crippen LogP contribution in [0.1, 0.15) is 26.3 Å². The SMILES string of the molecule is CC(C)(C)NC(N)=NCCOc1ccc(C(F)(F)F)cc1. The molecule has 0 aliphatic carbocycles. The molecule has 0 heterocycles. The molecule has 4 nitrogen and oxygen atoms in total. The maximum absolute atomic E-state index is 12.4. The van der Waals surface area contributed by atoms with Gasteiger partial charge in [0.1, 0.15) is 12.4 Å². The van der Waals surface area contributed by atoms with Gasteiger partial charge >= 0.3 is 6.18 Å². The molecule has 0 unspecified atom stereocenters. The lowest BCUT2D eigenvalue weighted by atomic mass is 10.1. The summed E-state index contributed by atoms with van der Waals surface area (Å²) < 4.78 is 42.4. The van der Waals surface area contributed by atoms with Gasteiger partial charge in [0.2, 0.25) is 0 Å². The van der Waals surface area contributed by atoms with Gasteiger partial charge in [0.15, 0.2) is 5.96 Å². The summed E-state index contributed by atoms with van der Waals surface area (Å²) in [5.74, 6) is 0.666. The zero-order valence-corrected chi connectivity index (χ0v) is 12.3. The number of hydrogen-bond acceptors (Lipinski definition) is 2. The second-order valence-electron chi connectivity index (χ2n) is 5.51. The third-order valence-electron chi connectivity index (χ3n) is 2.33. The molecule has 118 valence electrons. The van der Waals surface area contributed by atoms with Gasteiger partial charge in [-0.1, -0.05) is 0 Å². The normalized spacial score (nSPS) is 13.1. The third-order valence-corrected chi connectivity index (χ3v) is 2.33. The monoisotopic (exact) mass is 303 g/mol. The Balaban J connectivity index is 2.41. The zero-order chi connectivity index (χ0) is 16.1. The van der Waals surface area contributed by atoms with E-state index in [1.165, 1.54) is 12.1 Å². The largest absolute Gasteiger partial charge is 0.492 e. The van der Waals surface area contributed by atoms with Gasteiger partial charge in [-0.3, -0.25) is 0 Å². The standard InChI is InChI=1S/C14H20F3N3O/c1-13(2,3)20-12(18)19-8-9-21-11-6-4-10(5-7-11)14(15,16)17/h4-7H,8-9H2,1-3H3,(H3,18,19,20). The summed E-state index contributed by atoms with van der Waals surface area (Å²) in [6.45, 7) is 6.41. The fourth-order valence-electron chi connectivity index (χ4n) is 1.49. The molecule has 1 rings (SSSR count).